The van der Waals surface area contributed by atoms with E-state index in [0.29, 0.717) is 26.4 Å². The second-order valence-electron chi connectivity index (χ2n) is 6.76. The molecule has 0 bridgehead atoms. The van der Waals surface area contributed by atoms with Gasteiger partial charge in [0.25, 0.3) is 0 Å². The van der Waals surface area contributed by atoms with Crippen LogP contribution < -0.4 is 5.32 Å². The van der Waals surface area contributed by atoms with Crippen LogP contribution in [0, 0.1) is 0 Å². The lowest BCUT2D eigenvalue weighted by Gasteiger charge is -2.24. The van der Waals surface area contributed by atoms with Gasteiger partial charge in [0.15, 0.2) is 6.29 Å². The van der Waals surface area contributed by atoms with Gasteiger partial charge in [-0.1, -0.05) is 66.7 Å². The zero-order valence-corrected chi connectivity index (χ0v) is 16.3. The van der Waals surface area contributed by atoms with E-state index < -0.39 is 6.29 Å². The Labute approximate surface area is 167 Å². The first-order valence-corrected chi connectivity index (χ1v) is 9.61. The maximum absolute atomic E-state index is 6.26. The van der Waals surface area contributed by atoms with Crippen LogP contribution in [0.5, 0.6) is 0 Å². The third kappa shape index (κ3) is 5.74. The molecule has 1 fully saturated rings. The lowest BCUT2D eigenvalue weighted by Crippen LogP contribution is -2.47. The number of rotatable bonds is 11. The van der Waals surface area contributed by atoms with Gasteiger partial charge < -0.3 is 24.3 Å². The number of ether oxygens (including phenoxy) is 4. The minimum absolute atomic E-state index is 0.1000. The first-order valence-electron chi connectivity index (χ1n) is 9.61. The summed E-state index contributed by atoms with van der Waals surface area (Å²) in [7, 11) is 1.65. The summed E-state index contributed by atoms with van der Waals surface area (Å²) in [4.78, 5) is 0. The lowest BCUT2D eigenvalue weighted by atomic mass is 10.1. The van der Waals surface area contributed by atoms with E-state index in [-0.39, 0.29) is 18.2 Å². The molecule has 1 aliphatic rings. The molecular weight excluding hydrogens is 354 g/mol. The maximum Gasteiger partial charge on any atom is 0.175 e. The molecule has 28 heavy (non-hydrogen) atoms. The normalized spacial score (nSPS) is 24.3. The van der Waals surface area contributed by atoms with Crippen molar-refractivity contribution in [2.45, 2.75) is 37.8 Å². The summed E-state index contributed by atoms with van der Waals surface area (Å²) >= 11 is 0. The van der Waals surface area contributed by atoms with Crippen molar-refractivity contribution in [2.24, 2.45) is 0 Å². The van der Waals surface area contributed by atoms with Crippen molar-refractivity contribution in [2.75, 3.05) is 20.3 Å². The summed E-state index contributed by atoms with van der Waals surface area (Å²) in [5, 5.41) is 3.41. The van der Waals surface area contributed by atoms with E-state index in [1.54, 1.807) is 7.11 Å². The molecule has 2 aromatic rings. The molecule has 1 saturated heterocycles. The monoisotopic (exact) mass is 383 g/mol. The fraction of sp³-hybridized carbons (Fsp3) is 0.391. The number of hydrogen-bond donors (Lipinski definition) is 1. The van der Waals surface area contributed by atoms with Crippen molar-refractivity contribution in [3.8, 4) is 0 Å². The van der Waals surface area contributed by atoms with Crippen LogP contribution in [-0.4, -0.2) is 44.8 Å². The summed E-state index contributed by atoms with van der Waals surface area (Å²) in [6, 6.07) is 20.1. The van der Waals surface area contributed by atoms with Gasteiger partial charge in [-0.05, 0) is 11.1 Å². The minimum Gasteiger partial charge on any atom is -0.374 e. The largest absolute Gasteiger partial charge is 0.374 e. The molecule has 0 spiro atoms. The highest BCUT2D eigenvalue weighted by atomic mass is 16.7. The average Bonchev–Trinajstić information content (AvgIpc) is 3.08. The average molecular weight is 383 g/mol. The highest BCUT2D eigenvalue weighted by Gasteiger charge is 2.45. The first-order chi connectivity index (χ1) is 13.8. The Bertz CT molecular complexity index is 694. The molecular formula is C23H29NO4. The summed E-state index contributed by atoms with van der Waals surface area (Å²) in [5.74, 6) is 0. The molecule has 1 heterocycles. The van der Waals surface area contributed by atoms with E-state index in [0.717, 1.165) is 11.1 Å². The van der Waals surface area contributed by atoms with Gasteiger partial charge in [0.05, 0.1) is 25.9 Å². The summed E-state index contributed by atoms with van der Waals surface area (Å²) in [5.41, 5.74) is 2.25. The van der Waals surface area contributed by atoms with Gasteiger partial charge in [-0.3, -0.25) is 0 Å². The van der Waals surface area contributed by atoms with E-state index in [9.17, 15) is 0 Å². The third-order valence-electron chi connectivity index (χ3n) is 4.73. The van der Waals surface area contributed by atoms with Crippen molar-refractivity contribution in [1.82, 2.24) is 5.32 Å². The Morgan fingerprint density at radius 2 is 1.64 bits per heavy atom. The summed E-state index contributed by atoms with van der Waals surface area (Å²) < 4.78 is 23.8. The SMILES string of the molecule is C=CCN[C@@H]1[C@H](OC)O[C@H](COCc2ccccc2)[C@@H]1OCc1ccccc1. The van der Waals surface area contributed by atoms with Crippen molar-refractivity contribution >= 4 is 0 Å². The Morgan fingerprint density at radius 3 is 2.25 bits per heavy atom. The fourth-order valence-electron chi connectivity index (χ4n) is 3.33. The minimum atomic E-state index is -0.397. The number of hydrogen-bond acceptors (Lipinski definition) is 5. The molecule has 1 aliphatic heterocycles. The Balaban J connectivity index is 1.63. The zero-order chi connectivity index (χ0) is 19.6. The van der Waals surface area contributed by atoms with E-state index in [1.165, 1.54) is 0 Å². The van der Waals surface area contributed by atoms with Crippen molar-refractivity contribution in [3.05, 3.63) is 84.4 Å². The van der Waals surface area contributed by atoms with Crippen molar-refractivity contribution < 1.29 is 18.9 Å². The molecule has 5 heteroatoms. The molecule has 4 atom stereocenters. The molecule has 1 N–H and O–H groups in total. The van der Waals surface area contributed by atoms with Crippen LogP contribution in [0.1, 0.15) is 11.1 Å². The van der Waals surface area contributed by atoms with Gasteiger partial charge in [-0.2, -0.15) is 0 Å². The van der Waals surface area contributed by atoms with E-state index in [4.69, 9.17) is 18.9 Å². The molecule has 0 amide bonds. The first kappa shape index (κ1) is 20.7. The molecule has 0 aliphatic carbocycles. The number of methoxy groups -OCH3 is 1. The Kier molecular flexibility index (Phi) is 8.21. The van der Waals surface area contributed by atoms with Crippen LogP contribution in [0.3, 0.4) is 0 Å². The summed E-state index contributed by atoms with van der Waals surface area (Å²) in [6.07, 6.45) is 1.01. The molecule has 150 valence electrons. The van der Waals surface area contributed by atoms with E-state index >= 15 is 0 Å². The molecule has 3 rings (SSSR count). The second kappa shape index (κ2) is 11.1. The van der Waals surface area contributed by atoms with E-state index in [2.05, 4.69) is 24.0 Å². The van der Waals surface area contributed by atoms with Crippen LogP contribution >= 0.6 is 0 Å². The van der Waals surface area contributed by atoms with Gasteiger partial charge >= 0.3 is 0 Å². The molecule has 2 aromatic carbocycles. The maximum atomic E-state index is 6.26. The predicted molar refractivity (Wildman–Crippen MR) is 109 cm³/mol. The second-order valence-corrected chi connectivity index (χ2v) is 6.76. The van der Waals surface area contributed by atoms with E-state index in [1.807, 2.05) is 54.6 Å². The van der Waals surface area contributed by atoms with Gasteiger partial charge in [0.1, 0.15) is 12.2 Å². The quantitative estimate of drug-likeness (QED) is 0.604. The predicted octanol–water partition coefficient (Wildman–Crippen LogP) is 3.30. The standard InChI is InChI=1S/C23H29NO4/c1-3-14-24-21-22(27-16-19-12-8-5-9-13-19)20(28-23(21)25-2)17-26-15-18-10-6-4-7-11-18/h3-13,20-24H,1,14-17H2,2H3/t20-,21+,22+,23-/m1/s1. The highest BCUT2D eigenvalue weighted by molar-refractivity contribution is 5.14. The Morgan fingerprint density at radius 1 is 1.00 bits per heavy atom. The molecule has 0 unspecified atom stereocenters. The number of nitrogens with one attached hydrogen (secondary N) is 1. The molecule has 0 saturated carbocycles. The highest BCUT2D eigenvalue weighted by Crippen LogP contribution is 2.26. The van der Waals surface area contributed by atoms with Crippen LogP contribution in [0.4, 0.5) is 0 Å². The fourth-order valence-corrected chi connectivity index (χ4v) is 3.33. The van der Waals surface area contributed by atoms with Crippen LogP contribution in [-0.2, 0) is 32.2 Å². The van der Waals surface area contributed by atoms with Gasteiger partial charge in [0.2, 0.25) is 0 Å². The van der Waals surface area contributed by atoms with Crippen molar-refractivity contribution in [3.63, 3.8) is 0 Å². The zero-order valence-electron chi connectivity index (χ0n) is 16.3. The van der Waals surface area contributed by atoms with Crippen LogP contribution in [0.15, 0.2) is 73.3 Å². The smallest absolute Gasteiger partial charge is 0.175 e. The number of benzene rings is 2. The topological polar surface area (TPSA) is 49.0 Å². The van der Waals surface area contributed by atoms with Gasteiger partial charge in [0, 0.05) is 13.7 Å². The van der Waals surface area contributed by atoms with Crippen molar-refractivity contribution in [1.29, 1.82) is 0 Å². The molecule has 0 radical (unpaired) electrons. The molecule has 5 nitrogen and oxygen atoms in total. The van der Waals surface area contributed by atoms with Gasteiger partial charge in [-0.25, -0.2) is 0 Å². The van der Waals surface area contributed by atoms with Gasteiger partial charge in [-0.15, -0.1) is 6.58 Å². The molecule has 0 aromatic heterocycles. The summed E-state index contributed by atoms with van der Waals surface area (Å²) in [6.45, 7) is 5.91. The third-order valence-corrected chi connectivity index (χ3v) is 4.73. The Hall–Kier alpha value is -2.02. The van der Waals surface area contributed by atoms with Crippen LogP contribution in [0.2, 0.25) is 0 Å². The lowest BCUT2D eigenvalue weighted by molar-refractivity contribution is -0.141. The van der Waals surface area contributed by atoms with Crippen LogP contribution in [0.25, 0.3) is 0 Å².